The first-order valence-corrected chi connectivity index (χ1v) is 6.19. The second kappa shape index (κ2) is 6.83. The van der Waals surface area contributed by atoms with Gasteiger partial charge in [-0.2, -0.15) is 0 Å². The van der Waals surface area contributed by atoms with E-state index in [9.17, 15) is 4.79 Å². The molecular formula is C13H22N4O. The van der Waals surface area contributed by atoms with Crippen molar-refractivity contribution in [2.24, 2.45) is 0 Å². The molecule has 0 aliphatic rings. The summed E-state index contributed by atoms with van der Waals surface area (Å²) in [6, 6.07) is 0.146. The molecule has 1 rings (SSSR count). The van der Waals surface area contributed by atoms with Crippen molar-refractivity contribution in [3.05, 3.63) is 30.9 Å². The molecular weight excluding hydrogens is 228 g/mol. The van der Waals surface area contributed by atoms with Crippen molar-refractivity contribution in [2.45, 2.75) is 26.8 Å². The average molecular weight is 250 g/mol. The number of nitrogens with zero attached hydrogens (tertiary/aromatic N) is 3. The van der Waals surface area contributed by atoms with Crippen LogP contribution in [0.25, 0.3) is 0 Å². The molecule has 1 atom stereocenters. The summed E-state index contributed by atoms with van der Waals surface area (Å²) in [6.45, 7) is 11.6. The molecule has 1 heterocycles. The summed E-state index contributed by atoms with van der Waals surface area (Å²) in [5, 5.41) is 2.92. The average Bonchev–Trinajstić information content (AvgIpc) is 2.86. The fourth-order valence-corrected chi connectivity index (χ4v) is 1.64. The van der Waals surface area contributed by atoms with Crippen LogP contribution in [0.2, 0.25) is 0 Å². The first-order valence-electron chi connectivity index (χ1n) is 6.19. The van der Waals surface area contributed by atoms with E-state index < -0.39 is 0 Å². The van der Waals surface area contributed by atoms with Gasteiger partial charge in [-0.05, 0) is 20.8 Å². The Morgan fingerprint density at radius 3 is 2.83 bits per heavy atom. The lowest BCUT2D eigenvalue weighted by atomic mass is 10.3. The molecule has 0 saturated heterocycles. The van der Waals surface area contributed by atoms with Crippen molar-refractivity contribution in [3.8, 4) is 0 Å². The highest BCUT2D eigenvalue weighted by molar-refractivity contribution is 5.74. The SMILES string of the molecule is C=C(C)CN(CC)C(=O)NC[C@H](C)n1ccnc1. The Hall–Kier alpha value is -1.78. The maximum absolute atomic E-state index is 11.9. The molecule has 0 aromatic carbocycles. The minimum atomic E-state index is -0.0486. The molecule has 0 spiro atoms. The summed E-state index contributed by atoms with van der Waals surface area (Å²) in [6.07, 6.45) is 5.38. The predicted molar refractivity (Wildman–Crippen MR) is 72.4 cm³/mol. The number of carbonyl (C=O) groups excluding carboxylic acids is 1. The smallest absolute Gasteiger partial charge is 0.317 e. The van der Waals surface area contributed by atoms with Gasteiger partial charge in [0.15, 0.2) is 0 Å². The number of likely N-dealkylation sites (N-methyl/N-ethyl adjacent to an activating group) is 1. The first kappa shape index (κ1) is 14.3. The standard InChI is InChI=1S/C13H22N4O/c1-5-16(9-11(2)3)13(18)15-8-12(4)17-7-6-14-10-17/h6-7,10,12H,2,5,8-9H2,1,3-4H3,(H,15,18)/t12-/m0/s1. The predicted octanol–water partition coefficient (Wildman–Crippen LogP) is 2.05. The number of imidazole rings is 1. The van der Waals surface area contributed by atoms with Gasteiger partial charge in [-0.15, -0.1) is 0 Å². The second-order valence-corrected chi connectivity index (χ2v) is 4.52. The van der Waals surface area contributed by atoms with E-state index in [1.54, 1.807) is 17.4 Å². The van der Waals surface area contributed by atoms with Crippen LogP contribution >= 0.6 is 0 Å². The van der Waals surface area contributed by atoms with E-state index in [-0.39, 0.29) is 12.1 Å². The lowest BCUT2D eigenvalue weighted by Gasteiger charge is -2.23. The van der Waals surface area contributed by atoms with Crippen LogP contribution in [-0.4, -0.2) is 40.1 Å². The molecule has 1 aromatic rings. The molecule has 0 bridgehead atoms. The molecule has 1 N–H and O–H groups in total. The maximum atomic E-state index is 11.9. The van der Waals surface area contributed by atoms with Crippen LogP contribution in [0.1, 0.15) is 26.8 Å². The lowest BCUT2D eigenvalue weighted by Crippen LogP contribution is -2.42. The van der Waals surface area contributed by atoms with Crippen molar-refractivity contribution >= 4 is 6.03 Å². The van der Waals surface area contributed by atoms with E-state index in [4.69, 9.17) is 0 Å². The number of nitrogens with one attached hydrogen (secondary N) is 1. The normalized spacial score (nSPS) is 11.9. The minimum Gasteiger partial charge on any atom is -0.336 e. The molecule has 0 unspecified atom stereocenters. The number of hydrogen-bond donors (Lipinski definition) is 1. The molecule has 0 aliphatic heterocycles. The highest BCUT2D eigenvalue weighted by atomic mass is 16.2. The monoisotopic (exact) mass is 250 g/mol. The van der Waals surface area contributed by atoms with E-state index in [2.05, 4.69) is 16.9 Å². The number of rotatable bonds is 6. The molecule has 100 valence electrons. The zero-order valence-corrected chi connectivity index (χ0v) is 11.4. The van der Waals surface area contributed by atoms with Crippen molar-refractivity contribution in [1.29, 1.82) is 0 Å². The maximum Gasteiger partial charge on any atom is 0.317 e. The van der Waals surface area contributed by atoms with Gasteiger partial charge in [0.1, 0.15) is 0 Å². The fraction of sp³-hybridized carbons (Fsp3) is 0.538. The molecule has 2 amide bonds. The van der Waals surface area contributed by atoms with Crippen LogP contribution in [0.3, 0.4) is 0 Å². The summed E-state index contributed by atoms with van der Waals surface area (Å²) >= 11 is 0. The molecule has 1 aromatic heterocycles. The van der Waals surface area contributed by atoms with Crippen LogP contribution in [-0.2, 0) is 0 Å². The van der Waals surface area contributed by atoms with Crippen LogP contribution in [0.4, 0.5) is 4.79 Å². The number of urea groups is 1. The van der Waals surface area contributed by atoms with Gasteiger partial charge in [0.2, 0.25) is 0 Å². The van der Waals surface area contributed by atoms with Gasteiger partial charge in [0.05, 0.1) is 6.33 Å². The number of aromatic nitrogens is 2. The van der Waals surface area contributed by atoms with Crippen molar-refractivity contribution in [2.75, 3.05) is 19.6 Å². The van der Waals surface area contributed by atoms with Gasteiger partial charge in [-0.1, -0.05) is 12.2 Å². The quantitative estimate of drug-likeness (QED) is 0.786. The van der Waals surface area contributed by atoms with Gasteiger partial charge in [-0.3, -0.25) is 0 Å². The summed E-state index contributed by atoms with van der Waals surface area (Å²) in [4.78, 5) is 17.7. The number of hydrogen-bond acceptors (Lipinski definition) is 2. The molecule has 5 nitrogen and oxygen atoms in total. The molecule has 5 heteroatoms. The van der Waals surface area contributed by atoms with E-state index in [0.717, 1.165) is 5.57 Å². The molecule has 0 fully saturated rings. The minimum absolute atomic E-state index is 0.0486. The summed E-state index contributed by atoms with van der Waals surface area (Å²) in [5.41, 5.74) is 0.981. The Bertz CT molecular complexity index is 386. The van der Waals surface area contributed by atoms with E-state index >= 15 is 0 Å². The first-order chi connectivity index (χ1) is 8.54. The highest BCUT2D eigenvalue weighted by Crippen LogP contribution is 2.03. The Morgan fingerprint density at radius 2 is 2.33 bits per heavy atom. The van der Waals surface area contributed by atoms with Crippen LogP contribution in [0, 0.1) is 0 Å². The van der Waals surface area contributed by atoms with E-state index in [1.165, 1.54) is 0 Å². The Labute approximate surface area is 109 Å². The zero-order valence-electron chi connectivity index (χ0n) is 11.4. The van der Waals surface area contributed by atoms with Crippen molar-refractivity contribution in [1.82, 2.24) is 19.8 Å². The number of carbonyl (C=O) groups is 1. The summed E-state index contributed by atoms with van der Waals surface area (Å²) in [5.74, 6) is 0. The van der Waals surface area contributed by atoms with Crippen molar-refractivity contribution < 1.29 is 4.79 Å². The summed E-state index contributed by atoms with van der Waals surface area (Å²) < 4.78 is 1.97. The lowest BCUT2D eigenvalue weighted by molar-refractivity contribution is 0.203. The fourth-order valence-electron chi connectivity index (χ4n) is 1.64. The third kappa shape index (κ3) is 4.24. The second-order valence-electron chi connectivity index (χ2n) is 4.52. The van der Waals surface area contributed by atoms with Crippen molar-refractivity contribution in [3.63, 3.8) is 0 Å². The molecule has 0 saturated carbocycles. The molecule has 0 radical (unpaired) electrons. The third-order valence-electron chi connectivity index (χ3n) is 2.71. The molecule has 0 aliphatic carbocycles. The van der Waals surface area contributed by atoms with E-state index in [1.807, 2.05) is 31.5 Å². The largest absolute Gasteiger partial charge is 0.336 e. The topological polar surface area (TPSA) is 50.2 Å². The van der Waals surface area contributed by atoms with Crippen LogP contribution in [0.15, 0.2) is 30.9 Å². The summed E-state index contributed by atoms with van der Waals surface area (Å²) in [7, 11) is 0. The van der Waals surface area contributed by atoms with E-state index in [0.29, 0.717) is 19.6 Å². The van der Waals surface area contributed by atoms with Crippen LogP contribution < -0.4 is 5.32 Å². The van der Waals surface area contributed by atoms with Gasteiger partial charge in [0, 0.05) is 38.1 Å². The number of amides is 2. The van der Waals surface area contributed by atoms with Gasteiger partial charge in [-0.25, -0.2) is 9.78 Å². The molecule has 18 heavy (non-hydrogen) atoms. The third-order valence-corrected chi connectivity index (χ3v) is 2.71. The van der Waals surface area contributed by atoms with Gasteiger partial charge in [0.25, 0.3) is 0 Å². The van der Waals surface area contributed by atoms with Gasteiger partial charge >= 0.3 is 6.03 Å². The Morgan fingerprint density at radius 1 is 1.61 bits per heavy atom. The van der Waals surface area contributed by atoms with Crippen LogP contribution in [0.5, 0.6) is 0 Å². The Balaban J connectivity index is 2.42. The zero-order chi connectivity index (χ0) is 13.5. The Kier molecular flexibility index (Phi) is 5.42. The van der Waals surface area contributed by atoms with Gasteiger partial charge < -0.3 is 14.8 Å². The highest BCUT2D eigenvalue weighted by Gasteiger charge is 2.12.